The van der Waals surface area contributed by atoms with Crippen LogP contribution in [0.5, 0.6) is 11.6 Å². The second-order valence-corrected chi connectivity index (χ2v) is 12.9. The molecule has 0 amide bonds. The monoisotopic (exact) mass is 640 g/mol. The molecule has 238 valence electrons. The zero-order chi connectivity index (χ0) is 32.0. The molecular formula is C35H37ClN6O4. The normalized spacial score (nSPS) is 19.1. The van der Waals surface area contributed by atoms with Crippen molar-refractivity contribution in [2.24, 2.45) is 0 Å². The highest BCUT2D eigenvalue weighted by Gasteiger charge is 2.36. The summed E-state index contributed by atoms with van der Waals surface area (Å²) in [7, 11) is 3.27. The number of likely N-dealkylation sites (tertiary alicyclic amines) is 1. The third-order valence-electron chi connectivity index (χ3n) is 8.89. The van der Waals surface area contributed by atoms with Crippen molar-refractivity contribution in [3.05, 3.63) is 83.1 Å². The Bertz CT molecular complexity index is 1900. The number of aliphatic hydroxyl groups excluding tert-OH is 1. The number of aromatic nitrogens is 4. The van der Waals surface area contributed by atoms with E-state index in [1.54, 1.807) is 18.9 Å². The molecule has 2 aliphatic rings. The van der Waals surface area contributed by atoms with E-state index in [2.05, 4.69) is 10.2 Å². The Morgan fingerprint density at radius 3 is 2.48 bits per heavy atom. The average molecular weight is 641 g/mol. The van der Waals surface area contributed by atoms with Gasteiger partial charge >= 0.3 is 0 Å². The first-order chi connectivity index (χ1) is 22.2. The number of hydrogen-bond donors (Lipinski definition) is 3. The number of nitrogens with one attached hydrogen (secondary N) is 1. The Kier molecular flexibility index (Phi) is 8.16. The van der Waals surface area contributed by atoms with Gasteiger partial charge in [-0.05, 0) is 37.5 Å². The molecule has 0 unspecified atom stereocenters. The van der Waals surface area contributed by atoms with Crippen molar-refractivity contribution in [3.63, 3.8) is 0 Å². The number of nitrogens with zero attached hydrogens (tertiary/aromatic N) is 5. The maximum Gasteiger partial charge on any atom is 0.218 e. The summed E-state index contributed by atoms with van der Waals surface area (Å²) in [6.45, 7) is 4.34. The van der Waals surface area contributed by atoms with Crippen LogP contribution in [0.2, 0.25) is 5.02 Å². The molecule has 4 heterocycles. The molecule has 10 nitrogen and oxygen atoms in total. The molecule has 46 heavy (non-hydrogen) atoms. The minimum Gasteiger partial charge on any atom is -0.496 e. The van der Waals surface area contributed by atoms with Gasteiger partial charge in [0, 0.05) is 72.1 Å². The average Bonchev–Trinajstić information content (AvgIpc) is 3.46. The van der Waals surface area contributed by atoms with Gasteiger partial charge in [-0.15, -0.1) is 0 Å². The summed E-state index contributed by atoms with van der Waals surface area (Å²) in [6, 6.07) is 18.2. The van der Waals surface area contributed by atoms with Gasteiger partial charge in [-0.25, -0.2) is 14.6 Å². The minimum absolute atomic E-state index is 0.206. The number of pyridine rings is 2. The fourth-order valence-electron chi connectivity index (χ4n) is 6.49. The Labute approximate surface area is 272 Å². The quantitative estimate of drug-likeness (QED) is 0.194. The van der Waals surface area contributed by atoms with Crippen LogP contribution in [0.1, 0.15) is 30.9 Å². The molecule has 1 aliphatic carbocycles. The Balaban J connectivity index is 1.17. The third kappa shape index (κ3) is 5.83. The first-order valence-corrected chi connectivity index (χ1v) is 15.8. The Morgan fingerprint density at radius 1 is 0.978 bits per heavy atom. The molecule has 2 aromatic carbocycles. The number of fused-ring (bicyclic) bond motifs is 1. The number of ether oxygens (including phenoxy) is 2. The third-order valence-corrected chi connectivity index (χ3v) is 9.30. The van der Waals surface area contributed by atoms with Crippen molar-refractivity contribution < 1.29 is 19.7 Å². The van der Waals surface area contributed by atoms with Crippen LogP contribution >= 0.6 is 11.6 Å². The molecule has 0 radical (unpaired) electrons. The van der Waals surface area contributed by atoms with Crippen LogP contribution in [0.4, 0.5) is 0 Å². The summed E-state index contributed by atoms with van der Waals surface area (Å²) < 4.78 is 13.2. The van der Waals surface area contributed by atoms with E-state index in [1.807, 2.05) is 73.9 Å². The van der Waals surface area contributed by atoms with Gasteiger partial charge in [-0.3, -0.25) is 4.90 Å². The van der Waals surface area contributed by atoms with E-state index in [1.165, 1.54) is 0 Å². The Morgan fingerprint density at radius 2 is 1.74 bits per heavy atom. The van der Waals surface area contributed by atoms with Crippen molar-refractivity contribution in [1.29, 1.82) is 0 Å². The maximum atomic E-state index is 10.1. The number of benzene rings is 2. The highest BCUT2D eigenvalue weighted by molar-refractivity contribution is 6.36. The topological polar surface area (TPSA) is 118 Å². The molecule has 0 bridgehead atoms. The van der Waals surface area contributed by atoms with Crippen LogP contribution in [-0.4, -0.2) is 79.9 Å². The lowest BCUT2D eigenvalue weighted by Crippen LogP contribution is -2.59. The summed E-state index contributed by atoms with van der Waals surface area (Å²) in [4.78, 5) is 11.7. The number of hydrogen-bond acceptors (Lipinski definition) is 9. The van der Waals surface area contributed by atoms with Gasteiger partial charge in [0.1, 0.15) is 5.75 Å². The molecule has 3 aromatic heterocycles. The van der Waals surface area contributed by atoms with Crippen LogP contribution in [0.3, 0.4) is 0 Å². The van der Waals surface area contributed by atoms with Crippen LogP contribution in [0, 0.1) is 0 Å². The zero-order valence-electron chi connectivity index (χ0n) is 26.1. The predicted molar refractivity (Wildman–Crippen MR) is 177 cm³/mol. The smallest absolute Gasteiger partial charge is 0.218 e. The molecule has 1 saturated carbocycles. The van der Waals surface area contributed by atoms with Crippen LogP contribution in [0.25, 0.3) is 39.1 Å². The second kappa shape index (κ2) is 12.3. The van der Waals surface area contributed by atoms with Crippen molar-refractivity contribution in [1.82, 2.24) is 30.0 Å². The molecule has 0 atom stereocenters. The molecule has 0 spiro atoms. The van der Waals surface area contributed by atoms with E-state index in [0.29, 0.717) is 54.6 Å². The van der Waals surface area contributed by atoms with E-state index in [-0.39, 0.29) is 6.10 Å². The second-order valence-electron chi connectivity index (χ2n) is 12.5. The summed E-state index contributed by atoms with van der Waals surface area (Å²) >= 11 is 7.12. The fourth-order valence-corrected chi connectivity index (χ4v) is 6.82. The van der Waals surface area contributed by atoms with Gasteiger partial charge in [-0.2, -0.15) is 5.10 Å². The standard InChI is InChI=1S/C35H37ClN6O4/c1-35(44)19-41(20-35)18-22-16-38-32(14-31(22)45-2)42-30-9-5-6-25(28(30)17-39-42)26-7-4-8-27(33(26)36)29-11-10-21(34(40-29)46-3)15-37-23-12-24(43)13-23/h4-11,14,16-17,23-24,37,43-44H,12-13,15,18-20H2,1-3H3/t23-,24+. The number of aliphatic hydroxyl groups is 2. The predicted octanol–water partition coefficient (Wildman–Crippen LogP) is 5.00. The molecule has 7 rings (SSSR count). The van der Waals surface area contributed by atoms with Crippen molar-refractivity contribution in [3.8, 4) is 39.8 Å². The Hall–Kier alpha value is -4.06. The van der Waals surface area contributed by atoms with E-state index >= 15 is 0 Å². The van der Waals surface area contributed by atoms with E-state index in [4.69, 9.17) is 36.1 Å². The van der Waals surface area contributed by atoms with Crippen molar-refractivity contribution in [2.45, 2.75) is 50.6 Å². The minimum atomic E-state index is -0.637. The molecule has 1 aliphatic heterocycles. The lowest BCUT2D eigenvalue weighted by molar-refractivity contribution is -0.0873. The molecule has 3 N–H and O–H groups in total. The van der Waals surface area contributed by atoms with Crippen molar-refractivity contribution in [2.75, 3.05) is 27.3 Å². The van der Waals surface area contributed by atoms with Crippen LogP contribution in [0.15, 0.2) is 67.0 Å². The highest BCUT2D eigenvalue weighted by Crippen LogP contribution is 2.40. The number of β-amino-alcohol motifs (C(OH)–C–C–N with tert-alkyl or cyclic N) is 1. The van der Waals surface area contributed by atoms with E-state index in [0.717, 1.165) is 57.3 Å². The first-order valence-electron chi connectivity index (χ1n) is 15.4. The number of halogens is 1. The van der Waals surface area contributed by atoms with Crippen LogP contribution < -0.4 is 14.8 Å². The van der Waals surface area contributed by atoms with Gasteiger partial charge in [0.2, 0.25) is 5.88 Å². The van der Waals surface area contributed by atoms with Gasteiger partial charge in [0.15, 0.2) is 5.82 Å². The zero-order valence-corrected chi connectivity index (χ0v) is 26.8. The first kappa shape index (κ1) is 30.6. The molecule has 2 fully saturated rings. The van der Waals surface area contributed by atoms with Crippen molar-refractivity contribution >= 4 is 22.5 Å². The van der Waals surface area contributed by atoms with E-state index in [9.17, 15) is 10.2 Å². The lowest BCUT2D eigenvalue weighted by atomic mass is 9.89. The number of methoxy groups -OCH3 is 2. The summed E-state index contributed by atoms with van der Waals surface area (Å²) in [5.74, 6) is 1.90. The van der Waals surface area contributed by atoms with Gasteiger partial charge in [0.05, 0.1) is 48.4 Å². The van der Waals surface area contributed by atoms with Gasteiger partial charge in [0.25, 0.3) is 0 Å². The molecule has 11 heteroatoms. The summed E-state index contributed by atoms with van der Waals surface area (Å²) in [5.41, 5.74) is 5.48. The largest absolute Gasteiger partial charge is 0.496 e. The van der Waals surface area contributed by atoms with Gasteiger partial charge < -0.3 is 25.0 Å². The SMILES string of the molecule is COc1cc(-n2ncc3c(-c4cccc(-c5ccc(CN[C@H]6C[C@@H](O)C6)c(OC)n5)c4Cl)cccc32)ncc1CN1CC(C)(O)C1. The molecular weight excluding hydrogens is 604 g/mol. The van der Waals surface area contributed by atoms with Crippen LogP contribution in [-0.2, 0) is 13.1 Å². The molecule has 1 saturated heterocycles. The lowest BCUT2D eigenvalue weighted by Gasteiger charge is -2.44. The summed E-state index contributed by atoms with van der Waals surface area (Å²) in [5, 5.41) is 29.4. The van der Waals surface area contributed by atoms with Gasteiger partial charge in [-0.1, -0.05) is 48.0 Å². The summed E-state index contributed by atoms with van der Waals surface area (Å²) in [6.07, 6.45) is 4.98. The highest BCUT2D eigenvalue weighted by atomic mass is 35.5. The maximum absolute atomic E-state index is 10.1. The molecule has 5 aromatic rings. The number of rotatable bonds is 10. The van der Waals surface area contributed by atoms with E-state index < -0.39 is 5.60 Å². The fraction of sp³-hybridized carbons (Fsp3) is 0.343.